The predicted molar refractivity (Wildman–Crippen MR) is 63.9 cm³/mol. The van der Waals surface area contributed by atoms with Gasteiger partial charge in [-0.15, -0.1) is 0 Å². The molecule has 1 saturated heterocycles. The van der Waals surface area contributed by atoms with Gasteiger partial charge in [0, 0.05) is 37.5 Å². The van der Waals surface area contributed by atoms with Crippen LogP contribution in [-0.2, 0) is 0 Å². The zero-order chi connectivity index (χ0) is 9.97. The van der Waals surface area contributed by atoms with Gasteiger partial charge in [-0.1, -0.05) is 11.6 Å². The maximum Gasteiger partial charge on any atom is 0.0355 e. The van der Waals surface area contributed by atoms with Gasteiger partial charge in [0.1, 0.15) is 0 Å². The summed E-state index contributed by atoms with van der Waals surface area (Å²) in [5.41, 5.74) is 1.56. The van der Waals surface area contributed by atoms with E-state index in [0.717, 1.165) is 17.8 Å². The molecule has 0 aromatic carbocycles. The lowest BCUT2D eigenvalue weighted by Crippen LogP contribution is -2.44. The lowest BCUT2D eigenvalue weighted by Gasteiger charge is -2.33. The van der Waals surface area contributed by atoms with Crippen LogP contribution in [0.15, 0.2) is 11.6 Å². The average Bonchev–Trinajstić information content (AvgIpc) is 2.67. The van der Waals surface area contributed by atoms with E-state index in [9.17, 15) is 0 Å². The van der Waals surface area contributed by atoms with Crippen molar-refractivity contribution in [3.05, 3.63) is 11.6 Å². The number of hydrogen-bond donors (Lipinski definition) is 1. The summed E-state index contributed by atoms with van der Waals surface area (Å²) in [5.74, 6) is 0. The van der Waals surface area contributed by atoms with E-state index in [0.29, 0.717) is 0 Å². The Balaban J connectivity index is 1.95. The predicted octanol–water partition coefficient (Wildman–Crippen LogP) is 1.34. The summed E-state index contributed by atoms with van der Waals surface area (Å²) in [5, 5.41) is 4.29. The van der Waals surface area contributed by atoms with Gasteiger partial charge in [-0.3, -0.25) is 4.90 Å². The van der Waals surface area contributed by atoms with E-state index in [-0.39, 0.29) is 0 Å². The van der Waals surface area contributed by atoms with Crippen molar-refractivity contribution in [2.45, 2.75) is 24.6 Å². The standard InChI is InChI=1S/C11H20N2S/c1-9-3-5-13(6-4-9)10-7-12-8-11(10)14-2/h3,10-12H,4-8H2,1-2H3. The highest BCUT2D eigenvalue weighted by atomic mass is 32.2. The Bertz CT molecular complexity index is 227. The molecule has 0 aromatic rings. The number of hydrogen-bond acceptors (Lipinski definition) is 3. The summed E-state index contributed by atoms with van der Waals surface area (Å²) < 4.78 is 0. The van der Waals surface area contributed by atoms with Crippen LogP contribution in [0.5, 0.6) is 0 Å². The van der Waals surface area contributed by atoms with Crippen LogP contribution < -0.4 is 5.32 Å². The Kier molecular flexibility index (Phi) is 3.52. The first-order valence-electron chi connectivity index (χ1n) is 5.44. The van der Waals surface area contributed by atoms with Gasteiger partial charge in [0.05, 0.1) is 0 Å². The van der Waals surface area contributed by atoms with E-state index >= 15 is 0 Å². The highest BCUT2D eigenvalue weighted by Crippen LogP contribution is 2.22. The fourth-order valence-corrected chi connectivity index (χ4v) is 3.20. The molecule has 0 saturated carbocycles. The summed E-state index contributed by atoms with van der Waals surface area (Å²) in [6.45, 7) is 7.03. The third kappa shape index (κ3) is 2.15. The molecular formula is C11H20N2S. The van der Waals surface area contributed by atoms with E-state index in [4.69, 9.17) is 0 Å². The summed E-state index contributed by atoms with van der Waals surface area (Å²) in [6, 6.07) is 0.759. The topological polar surface area (TPSA) is 15.3 Å². The van der Waals surface area contributed by atoms with Crippen molar-refractivity contribution in [1.29, 1.82) is 0 Å². The SMILES string of the molecule is CSC1CNCC1N1CC=C(C)CC1. The fourth-order valence-electron chi connectivity index (χ4n) is 2.33. The molecule has 0 amide bonds. The molecule has 0 radical (unpaired) electrons. The van der Waals surface area contributed by atoms with Crippen molar-refractivity contribution >= 4 is 11.8 Å². The van der Waals surface area contributed by atoms with Crippen molar-refractivity contribution < 1.29 is 0 Å². The van der Waals surface area contributed by atoms with Crippen LogP contribution in [0.4, 0.5) is 0 Å². The Morgan fingerprint density at radius 1 is 1.50 bits per heavy atom. The molecule has 0 bridgehead atoms. The Labute approximate surface area is 91.1 Å². The second-order valence-electron chi connectivity index (χ2n) is 4.30. The van der Waals surface area contributed by atoms with Gasteiger partial charge in [-0.2, -0.15) is 11.8 Å². The summed E-state index contributed by atoms with van der Waals surface area (Å²) in [4.78, 5) is 2.63. The van der Waals surface area contributed by atoms with Crippen LogP contribution >= 0.6 is 11.8 Å². The van der Waals surface area contributed by atoms with Crippen molar-refractivity contribution in [2.24, 2.45) is 0 Å². The normalized spacial score (nSPS) is 34.6. The van der Waals surface area contributed by atoms with Crippen LogP contribution in [0.2, 0.25) is 0 Å². The first kappa shape index (κ1) is 10.5. The zero-order valence-electron chi connectivity index (χ0n) is 9.12. The summed E-state index contributed by atoms with van der Waals surface area (Å²) >= 11 is 2.01. The van der Waals surface area contributed by atoms with E-state index in [1.807, 2.05) is 11.8 Å². The van der Waals surface area contributed by atoms with Crippen LogP contribution in [0.1, 0.15) is 13.3 Å². The van der Waals surface area contributed by atoms with Crippen LogP contribution in [0.3, 0.4) is 0 Å². The molecule has 1 N–H and O–H groups in total. The fraction of sp³-hybridized carbons (Fsp3) is 0.818. The minimum Gasteiger partial charge on any atom is -0.314 e. The molecule has 2 aliphatic rings. The number of nitrogens with one attached hydrogen (secondary N) is 1. The van der Waals surface area contributed by atoms with Crippen molar-refractivity contribution in [3.63, 3.8) is 0 Å². The molecule has 3 heteroatoms. The van der Waals surface area contributed by atoms with Gasteiger partial charge in [0.2, 0.25) is 0 Å². The quantitative estimate of drug-likeness (QED) is 0.696. The highest BCUT2D eigenvalue weighted by Gasteiger charge is 2.31. The Morgan fingerprint density at radius 2 is 2.36 bits per heavy atom. The first-order valence-corrected chi connectivity index (χ1v) is 6.73. The monoisotopic (exact) mass is 212 g/mol. The van der Waals surface area contributed by atoms with Gasteiger partial charge >= 0.3 is 0 Å². The lowest BCUT2D eigenvalue weighted by molar-refractivity contribution is 0.228. The van der Waals surface area contributed by atoms with E-state index in [2.05, 4.69) is 29.5 Å². The molecule has 14 heavy (non-hydrogen) atoms. The summed E-state index contributed by atoms with van der Waals surface area (Å²) in [6.07, 6.45) is 5.88. The molecule has 0 spiro atoms. The molecule has 2 unspecified atom stereocenters. The van der Waals surface area contributed by atoms with Gasteiger partial charge in [-0.25, -0.2) is 0 Å². The van der Waals surface area contributed by atoms with Crippen LogP contribution in [-0.4, -0.2) is 48.6 Å². The second-order valence-corrected chi connectivity index (χ2v) is 5.37. The third-order valence-electron chi connectivity index (χ3n) is 3.37. The van der Waals surface area contributed by atoms with Gasteiger partial charge in [-0.05, 0) is 19.6 Å². The van der Waals surface area contributed by atoms with Crippen LogP contribution in [0.25, 0.3) is 0 Å². The van der Waals surface area contributed by atoms with Gasteiger partial charge in [0.15, 0.2) is 0 Å². The molecule has 80 valence electrons. The molecule has 2 atom stereocenters. The minimum absolute atomic E-state index is 0.759. The number of rotatable bonds is 2. The smallest absolute Gasteiger partial charge is 0.0355 e. The molecular weight excluding hydrogens is 192 g/mol. The van der Waals surface area contributed by atoms with E-state index in [1.165, 1.54) is 26.1 Å². The van der Waals surface area contributed by atoms with E-state index < -0.39 is 0 Å². The molecule has 2 nitrogen and oxygen atoms in total. The zero-order valence-corrected chi connectivity index (χ0v) is 9.94. The van der Waals surface area contributed by atoms with Gasteiger partial charge in [0.25, 0.3) is 0 Å². The molecule has 2 aliphatic heterocycles. The van der Waals surface area contributed by atoms with Crippen LogP contribution in [0, 0.1) is 0 Å². The van der Waals surface area contributed by atoms with Gasteiger partial charge < -0.3 is 5.32 Å². The number of thioether (sulfide) groups is 1. The molecule has 1 fully saturated rings. The third-order valence-corrected chi connectivity index (χ3v) is 4.45. The molecule has 2 rings (SSSR count). The Hall–Kier alpha value is 0.0100. The van der Waals surface area contributed by atoms with Crippen molar-refractivity contribution in [2.75, 3.05) is 32.4 Å². The largest absolute Gasteiger partial charge is 0.314 e. The Morgan fingerprint density at radius 3 is 3.00 bits per heavy atom. The van der Waals surface area contributed by atoms with Crippen molar-refractivity contribution in [3.8, 4) is 0 Å². The molecule has 0 aromatic heterocycles. The van der Waals surface area contributed by atoms with E-state index in [1.54, 1.807) is 5.57 Å². The molecule has 2 heterocycles. The average molecular weight is 212 g/mol. The first-order chi connectivity index (χ1) is 6.81. The minimum atomic E-state index is 0.759. The molecule has 0 aliphatic carbocycles. The highest BCUT2D eigenvalue weighted by molar-refractivity contribution is 7.99. The maximum atomic E-state index is 3.50. The maximum absolute atomic E-state index is 3.50. The number of nitrogens with zero attached hydrogens (tertiary/aromatic N) is 1. The summed E-state index contributed by atoms with van der Waals surface area (Å²) in [7, 11) is 0. The van der Waals surface area contributed by atoms with Crippen molar-refractivity contribution in [1.82, 2.24) is 10.2 Å². The second kappa shape index (κ2) is 4.69. The lowest BCUT2D eigenvalue weighted by atomic mass is 10.1.